The smallest absolute Gasteiger partial charge is 0.266 e. The lowest BCUT2D eigenvalue weighted by Crippen LogP contribution is -2.22. The zero-order valence-corrected chi connectivity index (χ0v) is 20.6. The largest absolute Gasteiger partial charge is 0.490 e. The predicted octanol–water partition coefficient (Wildman–Crippen LogP) is 6.77. The van der Waals surface area contributed by atoms with Crippen molar-refractivity contribution in [3.63, 3.8) is 0 Å². The van der Waals surface area contributed by atoms with Crippen LogP contribution in [-0.4, -0.2) is 22.8 Å². The van der Waals surface area contributed by atoms with Gasteiger partial charge in [0, 0.05) is 5.02 Å². The molecule has 0 saturated heterocycles. The second-order valence-electron chi connectivity index (χ2n) is 7.13. The van der Waals surface area contributed by atoms with Gasteiger partial charge in [0.05, 0.1) is 34.3 Å². The summed E-state index contributed by atoms with van der Waals surface area (Å²) in [5.74, 6) is 1.82. The third kappa shape index (κ3) is 4.97. The summed E-state index contributed by atoms with van der Waals surface area (Å²) in [5, 5.41) is 1.15. The zero-order valence-electron chi connectivity index (χ0n) is 18.2. The summed E-state index contributed by atoms with van der Waals surface area (Å²) in [5.41, 5.74) is 2.05. The average molecular weight is 526 g/mol. The lowest BCUT2D eigenvalue weighted by Gasteiger charge is -2.14. The first-order valence-corrected chi connectivity index (χ1v) is 11.7. The number of fused-ring (bicyclic) bond motifs is 1. The minimum absolute atomic E-state index is 0.148. The van der Waals surface area contributed by atoms with Crippen LogP contribution in [0.15, 0.2) is 69.9 Å². The summed E-state index contributed by atoms with van der Waals surface area (Å²) >= 11 is 9.64. The maximum absolute atomic E-state index is 13.4. The first-order chi connectivity index (χ1) is 16.0. The number of hydrogen-bond donors (Lipinski definition) is 0. The molecule has 0 amide bonds. The maximum Gasteiger partial charge on any atom is 0.266 e. The van der Waals surface area contributed by atoms with Gasteiger partial charge in [-0.25, -0.2) is 4.98 Å². The molecule has 0 N–H and O–H groups in total. The molecular weight excluding hydrogens is 504 g/mol. The molecule has 4 aromatic rings. The van der Waals surface area contributed by atoms with E-state index < -0.39 is 0 Å². The number of ether oxygens (including phenoxy) is 2. The van der Waals surface area contributed by atoms with E-state index in [-0.39, 0.29) is 5.56 Å². The quantitative estimate of drug-likeness (QED) is 0.267. The van der Waals surface area contributed by atoms with Crippen LogP contribution in [0.25, 0.3) is 28.7 Å². The van der Waals surface area contributed by atoms with Gasteiger partial charge in [-0.3, -0.25) is 9.36 Å². The lowest BCUT2D eigenvalue weighted by atomic mass is 10.1. The van der Waals surface area contributed by atoms with Crippen LogP contribution in [0.4, 0.5) is 0 Å². The Hall–Kier alpha value is -3.09. The minimum atomic E-state index is -0.148. The Bertz CT molecular complexity index is 1380. The number of aromatic nitrogens is 2. The van der Waals surface area contributed by atoms with Gasteiger partial charge in [0.2, 0.25) is 0 Å². The van der Waals surface area contributed by atoms with E-state index in [1.54, 1.807) is 34.9 Å². The van der Waals surface area contributed by atoms with Crippen LogP contribution in [0.2, 0.25) is 5.02 Å². The molecule has 0 spiro atoms. The normalized spacial score (nSPS) is 11.3. The number of benzene rings is 3. The van der Waals surface area contributed by atoms with Crippen molar-refractivity contribution in [1.29, 1.82) is 0 Å². The molecule has 0 aliphatic carbocycles. The highest BCUT2D eigenvalue weighted by Crippen LogP contribution is 2.37. The van der Waals surface area contributed by atoms with E-state index in [0.717, 1.165) is 10.0 Å². The van der Waals surface area contributed by atoms with Crippen LogP contribution < -0.4 is 15.0 Å². The molecular formula is C26H22BrClN2O3. The van der Waals surface area contributed by atoms with Crippen LogP contribution in [0, 0.1) is 0 Å². The molecule has 0 atom stereocenters. The van der Waals surface area contributed by atoms with Crippen molar-refractivity contribution in [3.05, 3.63) is 91.9 Å². The fourth-order valence-corrected chi connectivity index (χ4v) is 4.20. The number of rotatable bonds is 7. The third-order valence-electron chi connectivity index (χ3n) is 4.93. The van der Waals surface area contributed by atoms with Crippen LogP contribution in [0.3, 0.4) is 0 Å². The fraction of sp³-hybridized carbons (Fsp3) is 0.154. The summed E-state index contributed by atoms with van der Waals surface area (Å²) in [4.78, 5) is 18.1. The van der Waals surface area contributed by atoms with Crippen molar-refractivity contribution < 1.29 is 9.47 Å². The van der Waals surface area contributed by atoms with Crippen LogP contribution in [-0.2, 0) is 0 Å². The Balaban J connectivity index is 1.85. The van der Waals surface area contributed by atoms with Gasteiger partial charge in [0.15, 0.2) is 11.5 Å². The molecule has 7 heteroatoms. The maximum atomic E-state index is 13.4. The number of hydrogen-bond acceptors (Lipinski definition) is 4. The van der Waals surface area contributed by atoms with E-state index in [1.807, 2.05) is 56.3 Å². The molecule has 0 aliphatic heterocycles. The van der Waals surface area contributed by atoms with Gasteiger partial charge < -0.3 is 9.47 Å². The fourth-order valence-electron chi connectivity index (χ4n) is 3.50. The molecule has 33 heavy (non-hydrogen) atoms. The molecule has 5 nitrogen and oxygen atoms in total. The number of para-hydroxylation sites is 1. The van der Waals surface area contributed by atoms with Crippen LogP contribution in [0.5, 0.6) is 11.5 Å². The van der Waals surface area contributed by atoms with E-state index in [4.69, 9.17) is 26.1 Å². The molecule has 0 unspecified atom stereocenters. The zero-order chi connectivity index (χ0) is 23.4. The highest BCUT2D eigenvalue weighted by atomic mass is 79.9. The van der Waals surface area contributed by atoms with Crippen molar-refractivity contribution in [2.45, 2.75) is 13.8 Å². The predicted molar refractivity (Wildman–Crippen MR) is 138 cm³/mol. The van der Waals surface area contributed by atoms with Gasteiger partial charge in [-0.05, 0) is 89.9 Å². The number of nitrogens with zero attached hydrogens (tertiary/aromatic N) is 2. The second-order valence-corrected chi connectivity index (χ2v) is 8.42. The van der Waals surface area contributed by atoms with Crippen molar-refractivity contribution in [2.24, 2.45) is 0 Å². The Morgan fingerprint density at radius 2 is 1.73 bits per heavy atom. The molecule has 1 aromatic heterocycles. The Morgan fingerprint density at radius 3 is 2.45 bits per heavy atom. The van der Waals surface area contributed by atoms with Crippen molar-refractivity contribution in [1.82, 2.24) is 9.55 Å². The minimum Gasteiger partial charge on any atom is -0.490 e. The van der Waals surface area contributed by atoms with E-state index in [2.05, 4.69) is 15.9 Å². The van der Waals surface area contributed by atoms with E-state index in [9.17, 15) is 4.79 Å². The molecule has 3 aromatic carbocycles. The Kier molecular flexibility index (Phi) is 7.16. The summed E-state index contributed by atoms with van der Waals surface area (Å²) in [6, 6.07) is 18.3. The van der Waals surface area contributed by atoms with E-state index in [1.165, 1.54) is 0 Å². The van der Waals surface area contributed by atoms with Gasteiger partial charge >= 0.3 is 0 Å². The average Bonchev–Trinajstić information content (AvgIpc) is 2.81. The van der Waals surface area contributed by atoms with E-state index in [0.29, 0.717) is 52.2 Å². The van der Waals surface area contributed by atoms with Crippen LogP contribution >= 0.6 is 27.5 Å². The van der Waals surface area contributed by atoms with Crippen molar-refractivity contribution in [2.75, 3.05) is 13.2 Å². The summed E-state index contributed by atoms with van der Waals surface area (Å²) in [6.45, 7) is 4.90. The van der Waals surface area contributed by atoms with Crippen molar-refractivity contribution in [3.8, 4) is 17.2 Å². The highest BCUT2D eigenvalue weighted by molar-refractivity contribution is 9.10. The second kappa shape index (κ2) is 10.2. The molecule has 4 rings (SSSR count). The molecule has 0 saturated carbocycles. The SMILES string of the molecule is CCOc1cc(/C=C/c2nc3ccccc3c(=O)n2-c2ccc(Cl)cc2)cc(Br)c1OCC. The van der Waals surface area contributed by atoms with Crippen molar-refractivity contribution >= 4 is 50.6 Å². The Morgan fingerprint density at radius 1 is 1.00 bits per heavy atom. The number of halogens is 2. The lowest BCUT2D eigenvalue weighted by molar-refractivity contribution is 0.286. The molecule has 1 heterocycles. The summed E-state index contributed by atoms with van der Waals surface area (Å²) in [7, 11) is 0. The highest BCUT2D eigenvalue weighted by Gasteiger charge is 2.13. The monoisotopic (exact) mass is 524 g/mol. The molecule has 0 radical (unpaired) electrons. The third-order valence-corrected chi connectivity index (χ3v) is 5.77. The van der Waals surface area contributed by atoms with Gasteiger partial charge in [0.1, 0.15) is 5.82 Å². The topological polar surface area (TPSA) is 53.3 Å². The van der Waals surface area contributed by atoms with Gasteiger partial charge in [-0.15, -0.1) is 0 Å². The molecule has 0 bridgehead atoms. The molecule has 0 fully saturated rings. The first kappa shape index (κ1) is 23.1. The Labute approximate surface area is 205 Å². The summed E-state index contributed by atoms with van der Waals surface area (Å²) < 4.78 is 13.9. The van der Waals surface area contributed by atoms with Crippen LogP contribution in [0.1, 0.15) is 25.2 Å². The van der Waals surface area contributed by atoms with Gasteiger partial charge in [-0.1, -0.05) is 29.8 Å². The molecule has 168 valence electrons. The van der Waals surface area contributed by atoms with E-state index >= 15 is 0 Å². The standard InChI is InChI=1S/C26H22BrClN2O3/c1-3-32-23-16-17(15-21(27)25(23)33-4-2)9-14-24-29-22-8-6-5-7-20(22)26(31)30(24)19-12-10-18(28)11-13-19/h5-16H,3-4H2,1-2H3/b14-9+. The van der Waals surface area contributed by atoms with Gasteiger partial charge in [0.25, 0.3) is 5.56 Å². The van der Waals surface area contributed by atoms with Gasteiger partial charge in [-0.2, -0.15) is 0 Å². The molecule has 0 aliphatic rings. The summed E-state index contributed by atoms with van der Waals surface area (Å²) in [6.07, 6.45) is 3.71. The first-order valence-electron chi connectivity index (χ1n) is 10.6.